The molecule has 7 heteroatoms. The van der Waals surface area contributed by atoms with E-state index < -0.39 is 0 Å². The van der Waals surface area contributed by atoms with Crippen LogP contribution in [-0.2, 0) is 19.6 Å². The summed E-state index contributed by atoms with van der Waals surface area (Å²) in [5.74, 6) is 0.0524. The van der Waals surface area contributed by atoms with Crippen molar-refractivity contribution in [1.82, 2.24) is 29.8 Å². The average Bonchev–Trinajstić information content (AvgIpc) is 3.27. The van der Waals surface area contributed by atoms with Crippen LogP contribution >= 0.6 is 0 Å². The van der Waals surface area contributed by atoms with Crippen LogP contribution in [0.25, 0.3) is 0 Å². The third kappa shape index (κ3) is 2.41. The molecule has 2 aliphatic heterocycles. The molecule has 1 atom stereocenters. The summed E-state index contributed by atoms with van der Waals surface area (Å²) in [7, 11) is 0. The van der Waals surface area contributed by atoms with E-state index in [9.17, 15) is 4.79 Å². The standard InChI is InChI=1S/C15H20N6O/c22-15(14-9-13-10-16-5-8-21(13)18-14)20-7-1-3-12(20)11-19-6-2-4-17-19/h2,4,6,9,12,16H,1,3,5,7-8,10-11H2/t12-/m0/s1. The molecule has 1 fully saturated rings. The van der Waals surface area contributed by atoms with Crippen LogP contribution in [0, 0.1) is 0 Å². The third-order valence-corrected chi connectivity index (χ3v) is 4.48. The molecule has 0 aliphatic carbocycles. The van der Waals surface area contributed by atoms with Gasteiger partial charge in [-0.1, -0.05) is 0 Å². The van der Waals surface area contributed by atoms with Gasteiger partial charge in [-0.2, -0.15) is 10.2 Å². The fraction of sp³-hybridized carbons (Fsp3) is 0.533. The summed E-state index contributed by atoms with van der Waals surface area (Å²) in [6.07, 6.45) is 5.80. The molecule has 0 saturated carbocycles. The molecule has 1 N–H and O–H groups in total. The maximum absolute atomic E-state index is 12.8. The van der Waals surface area contributed by atoms with Crippen molar-refractivity contribution in [3.05, 3.63) is 35.9 Å². The maximum Gasteiger partial charge on any atom is 0.274 e. The number of amides is 1. The van der Waals surface area contributed by atoms with Crippen molar-refractivity contribution < 1.29 is 4.79 Å². The van der Waals surface area contributed by atoms with Gasteiger partial charge in [0.05, 0.1) is 24.8 Å². The van der Waals surface area contributed by atoms with Crippen molar-refractivity contribution in [2.75, 3.05) is 13.1 Å². The zero-order valence-electron chi connectivity index (χ0n) is 12.5. The Hall–Kier alpha value is -2.15. The topological polar surface area (TPSA) is 68.0 Å². The largest absolute Gasteiger partial charge is 0.332 e. The number of nitrogens with one attached hydrogen (secondary N) is 1. The Balaban J connectivity index is 1.52. The van der Waals surface area contributed by atoms with E-state index in [1.807, 2.05) is 32.6 Å². The molecule has 2 aromatic heterocycles. The molecule has 4 heterocycles. The Kier molecular flexibility index (Phi) is 3.42. The highest BCUT2D eigenvalue weighted by molar-refractivity contribution is 5.92. The van der Waals surface area contributed by atoms with Crippen molar-refractivity contribution in [1.29, 1.82) is 0 Å². The van der Waals surface area contributed by atoms with Crippen LogP contribution in [0.2, 0.25) is 0 Å². The molecule has 0 aromatic carbocycles. The second-order valence-electron chi connectivity index (χ2n) is 5.94. The quantitative estimate of drug-likeness (QED) is 0.895. The molecule has 2 aliphatic rings. The van der Waals surface area contributed by atoms with Crippen LogP contribution in [0.5, 0.6) is 0 Å². The molecule has 0 spiro atoms. The first-order chi connectivity index (χ1) is 10.8. The monoisotopic (exact) mass is 300 g/mol. The van der Waals surface area contributed by atoms with Crippen molar-refractivity contribution in [3.8, 4) is 0 Å². The normalized spacial score (nSPS) is 21.1. The van der Waals surface area contributed by atoms with Crippen LogP contribution in [0.1, 0.15) is 29.0 Å². The van der Waals surface area contributed by atoms with E-state index in [2.05, 4.69) is 15.5 Å². The molecule has 0 bridgehead atoms. The molecule has 1 amide bonds. The Morgan fingerprint density at radius 3 is 3.18 bits per heavy atom. The van der Waals surface area contributed by atoms with Crippen molar-refractivity contribution in [2.45, 2.75) is 38.5 Å². The molecule has 0 unspecified atom stereocenters. The van der Waals surface area contributed by atoms with Gasteiger partial charge in [-0.05, 0) is 25.0 Å². The summed E-state index contributed by atoms with van der Waals surface area (Å²) in [6, 6.07) is 4.05. The number of fused-ring (bicyclic) bond motifs is 1. The van der Waals surface area contributed by atoms with E-state index in [-0.39, 0.29) is 11.9 Å². The smallest absolute Gasteiger partial charge is 0.274 e. The summed E-state index contributed by atoms with van der Waals surface area (Å²) in [5, 5.41) is 12.0. The predicted octanol–water partition coefficient (Wildman–Crippen LogP) is 0.488. The van der Waals surface area contributed by atoms with Gasteiger partial charge in [0.15, 0.2) is 5.69 Å². The molecule has 116 valence electrons. The van der Waals surface area contributed by atoms with Gasteiger partial charge in [0.2, 0.25) is 0 Å². The van der Waals surface area contributed by atoms with Gasteiger partial charge in [-0.3, -0.25) is 14.2 Å². The highest BCUT2D eigenvalue weighted by Crippen LogP contribution is 2.21. The Morgan fingerprint density at radius 1 is 1.41 bits per heavy atom. The van der Waals surface area contributed by atoms with Gasteiger partial charge >= 0.3 is 0 Å². The molecular weight excluding hydrogens is 280 g/mol. The fourth-order valence-electron chi connectivity index (χ4n) is 3.36. The molecule has 7 nitrogen and oxygen atoms in total. The summed E-state index contributed by atoms with van der Waals surface area (Å²) in [4.78, 5) is 14.8. The highest BCUT2D eigenvalue weighted by Gasteiger charge is 2.31. The number of hydrogen-bond acceptors (Lipinski definition) is 4. The Morgan fingerprint density at radius 2 is 2.36 bits per heavy atom. The average molecular weight is 300 g/mol. The minimum Gasteiger partial charge on any atom is -0.332 e. The zero-order chi connectivity index (χ0) is 14.9. The van der Waals surface area contributed by atoms with Gasteiger partial charge in [-0.15, -0.1) is 0 Å². The van der Waals surface area contributed by atoms with E-state index in [0.29, 0.717) is 5.69 Å². The molecule has 0 radical (unpaired) electrons. The number of carbonyl (C=O) groups is 1. The highest BCUT2D eigenvalue weighted by atomic mass is 16.2. The van der Waals surface area contributed by atoms with Gasteiger partial charge < -0.3 is 10.2 Å². The SMILES string of the molecule is O=C(c1cc2n(n1)CCNC2)N1CCC[C@H]1Cn1cccn1. The van der Waals surface area contributed by atoms with Crippen molar-refractivity contribution >= 4 is 5.91 Å². The lowest BCUT2D eigenvalue weighted by Crippen LogP contribution is -2.38. The summed E-state index contributed by atoms with van der Waals surface area (Å²) >= 11 is 0. The first kappa shape index (κ1) is 13.5. The Labute approximate surface area is 128 Å². The van der Waals surface area contributed by atoms with Crippen LogP contribution in [0.3, 0.4) is 0 Å². The lowest BCUT2D eigenvalue weighted by molar-refractivity contribution is 0.0714. The lowest BCUT2D eigenvalue weighted by Gasteiger charge is -2.23. The summed E-state index contributed by atoms with van der Waals surface area (Å²) in [5.41, 5.74) is 1.67. The van der Waals surface area contributed by atoms with Crippen molar-refractivity contribution in [3.63, 3.8) is 0 Å². The summed E-state index contributed by atoms with van der Waals surface area (Å²) < 4.78 is 3.85. The van der Waals surface area contributed by atoms with Crippen molar-refractivity contribution in [2.24, 2.45) is 0 Å². The second kappa shape index (κ2) is 5.57. The zero-order valence-corrected chi connectivity index (χ0v) is 12.5. The van der Waals surface area contributed by atoms with Gasteiger partial charge in [0.25, 0.3) is 5.91 Å². The van der Waals surface area contributed by atoms with Crippen LogP contribution in [0.4, 0.5) is 0 Å². The van der Waals surface area contributed by atoms with Gasteiger partial charge in [0.1, 0.15) is 0 Å². The predicted molar refractivity (Wildman–Crippen MR) is 80.2 cm³/mol. The first-order valence-corrected chi connectivity index (χ1v) is 7.87. The lowest BCUT2D eigenvalue weighted by atomic mass is 10.2. The number of likely N-dealkylation sites (tertiary alicyclic amines) is 1. The minimum absolute atomic E-state index is 0.0524. The number of rotatable bonds is 3. The molecular formula is C15H20N6O. The van der Waals surface area contributed by atoms with Gasteiger partial charge in [-0.25, -0.2) is 0 Å². The third-order valence-electron chi connectivity index (χ3n) is 4.48. The minimum atomic E-state index is 0.0524. The number of aromatic nitrogens is 4. The summed E-state index contributed by atoms with van der Waals surface area (Å²) in [6.45, 7) is 4.10. The van der Waals surface area contributed by atoms with E-state index >= 15 is 0 Å². The van der Waals surface area contributed by atoms with Crippen LogP contribution in [-0.4, -0.2) is 49.5 Å². The molecule has 4 rings (SSSR count). The van der Waals surface area contributed by atoms with Gasteiger partial charge in [0, 0.05) is 32.0 Å². The van der Waals surface area contributed by atoms with Crippen LogP contribution in [0.15, 0.2) is 24.5 Å². The maximum atomic E-state index is 12.8. The van der Waals surface area contributed by atoms with E-state index in [1.165, 1.54) is 0 Å². The second-order valence-corrected chi connectivity index (χ2v) is 5.94. The number of nitrogens with zero attached hydrogens (tertiary/aromatic N) is 5. The number of carbonyl (C=O) groups excluding carboxylic acids is 1. The number of hydrogen-bond donors (Lipinski definition) is 1. The van der Waals surface area contributed by atoms with E-state index in [1.54, 1.807) is 6.20 Å². The van der Waals surface area contributed by atoms with E-state index in [4.69, 9.17) is 0 Å². The van der Waals surface area contributed by atoms with E-state index in [0.717, 1.165) is 51.3 Å². The molecule has 22 heavy (non-hydrogen) atoms. The van der Waals surface area contributed by atoms with Crippen LogP contribution < -0.4 is 5.32 Å². The molecule has 1 saturated heterocycles. The molecule has 2 aromatic rings. The first-order valence-electron chi connectivity index (χ1n) is 7.87. The fourth-order valence-corrected chi connectivity index (χ4v) is 3.36. The Bertz CT molecular complexity index is 638.